The molecule has 3 rings (SSSR count). The van der Waals surface area contributed by atoms with Crippen molar-refractivity contribution in [1.29, 1.82) is 0 Å². The molecule has 1 aromatic heterocycles. The zero-order chi connectivity index (χ0) is 13.6. The van der Waals surface area contributed by atoms with Crippen molar-refractivity contribution in [3.05, 3.63) is 34.1 Å². The van der Waals surface area contributed by atoms with Crippen LogP contribution in [0.1, 0.15) is 24.7 Å². The van der Waals surface area contributed by atoms with Crippen molar-refractivity contribution >= 4 is 15.9 Å². The summed E-state index contributed by atoms with van der Waals surface area (Å²) >= 11 is 2.98. The van der Waals surface area contributed by atoms with E-state index in [0.29, 0.717) is 24.3 Å². The van der Waals surface area contributed by atoms with Gasteiger partial charge in [-0.2, -0.15) is 4.98 Å². The molecule has 1 aliphatic carbocycles. The molecule has 0 aliphatic heterocycles. The van der Waals surface area contributed by atoms with E-state index in [9.17, 15) is 13.9 Å². The largest absolute Gasteiger partial charge is 0.393 e. The summed E-state index contributed by atoms with van der Waals surface area (Å²) in [4.78, 5) is 4.16. The number of benzene rings is 1. The van der Waals surface area contributed by atoms with Gasteiger partial charge in [0.1, 0.15) is 0 Å². The van der Waals surface area contributed by atoms with E-state index < -0.39 is 11.6 Å². The van der Waals surface area contributed by atoms with Crippen LogP contribution in [-0.4, -0.2) is 21.4 Å². The number of nitrogens with zero attached hydrogens (tertiary/aromatic N) is 2. The minimum Gasteiger partial charge on any atom is -0.393 e. The van der Waals surface area contributed by atoms with Crippen LogP contribution in [0.15, 0.2) is 21.1 Å². The van der Waals surface area contributed by atoms with Gasteiger partial charge in [-0.1, -0.05) is 5.16 Å². The normalized spacial score (nSPS) is 22.3. The zero-order valence-electron chi connectivity index (χ0n) is 9.61. The number of rotatable bonds is 2. The van der Waals surface area contributed by atoms with E-state index in [2.05, 4.69) is 26.1 Å². The van der Waals surface area contributed by atoms with Gasteiger partial charge in [0.2, 0.25) is 11.7 Å². The quantitative estimate of drug-likeness (QED) is 0.860. The standard InChI is InChI=1S/C12H9BrF2N2O2/c13-9-7(1-2-8(14)10(9)15)11-16-12(19-17-11)5-3-6(18)4-5/h1-2,5-6,18H,3-4H2. The Labute approximate surface area is 115 Å². The van der Waals surface area contributed by atoms with Crippen LogP contribution in [0, 0.1) is 11.6 Å². The fourth-order valence-electron chi connectivity index (χ4n) is 2.00. The second-order valence-corrected chi connectivity index (χ2v) is 5.29. The van der Waals surface area contributed by atoms with Gasteiger partial charge in [-0.25, -0.2) is 8.78 Å². The smallest absolute Gasteiger partial charge is 0.230 e. The number of hydrogen-bond acceptors (Lipinski definition) is 4. The molecule has 2 aromatic rings. The second-order valence-electron chi connectivity index (χ2n) is 4.50. The summed E-state index contributed by atoms with van der Waals surface area (Å²) in [7, 11) is 0. The van der Waals surface area contributed by atoms with Crippen LogP contribution >= 0.6 is 15.9 Å². The van der Waals surface area contributed by atoms with E-state index in [1.807, 2.05) is 0 Å². The third-order valence-electron chi connectivity index (χ3n) is 3.18. The summed E-state index contributed by atoms with van der Waals surface area (Å²) in [5.41, 5.74) is 0.328. The van der Waals surface area contributed by atoms with E-state index in [4.69, 9.17) is 4.52 Å². The molecule has 0 saturated heterocycles. The summed E-state index contributed by atoms with van der Waals surface area (Å²) in [6.45, 7) is 0. The highest BCUT2D eigenvalue weighted by Crippen LogP contribution is 2.37. The van der Waals surface area contributed by atoms with Gasteiger partial charge in [0.15, 0.2) is 11.6 Å². The molecule has 7 heteroatoms. The van der Waals surface area contributed by atoms with Gasteiger partial charge in [-0.15, -0.1) is 0 Å². The van der Waals surface area contributed by atoms with E-state index in [0.717, 1.165) is 6.07 Å². The Bertz CT molecular complexity index is 626. The van der Waals surface area contributed by atoms with Crippen LogP contribution < -0.4 is 0 Å². The van der Waals surface area contributed by atoms with E-state index in [-0.39, 0.29) is 22.3 Å². The zero-order valence-corrected chi connectivity index (χ0v) is 11.2. The molecule has 100 valence electrons. The lowest BCUT2D eigenvalue weighted by molar-refractivity contribution is 0.0625. The number of aliphatic hydroxyl groups is 1. The van der Waals surface area contributed by atoms with Gasteiger partial charge in [0.25, 0.3) is 0 Å². The maximum absolute atomic E-state index is 13.4. The summed E-state index contributed by atoms with van der Waals surface area (Å²) in [5.74, 6) is -1.27. The maximum atomic E-state index is 13.4. The molecule has 0 radical (unpaired) electrons. The van der Waals surface area contributed by atoms with Gasteiger partial charge >= 0.3 is 0 Å². The average molecular weight is 331 g/mol. The highest BCUT2D eigenvalue weighted by Gasteiger charge is 2.33. The average Bonchev–Trinajstić information content (AvgIpc) is 2.81. The van der Waals surface area contributed by atoms with Crippen LogP contribution in [0.4, 0.5) is 8.78 Å². The molecule has 1 fully saturated rings. The number of hydrogen-bond donors (Lipinski definition) is 1. The van der Waals surface area contributed by atoms with Crippen molar-refractivity contribution in [2.24, 2.45) is 0 Å². The Morgan fingerprint density at radius 1 is 1.32 bits per heavy atom. The molecule has 0 amide bonds. The van der Waals surface area contributed by atoms with Crippen molar-refractivity contribution in [2.75, 3.05) is 0 Å². The van der Waals surface area contributed by atoms with Crippen LogP contribution in [0.2, 0.25) is 0 Å². The van der Waals surface area contributed by atoms with Crippen LogP contribution in [0.5, 0.6) is 0 Å². The Hall–Kier alpha value is -1.34. The summed E-state index contributed by atoms with van der Waals surface area (Å²) in [6.07, 6.45) is 0.844. The Kier molecular flexibility index (Phi) is 3.10. The topological polar surface area (TPSA) is 59.2 Å². The molecular formula is C12H9BrF2N2O2. The Morgan fingerprint density at radius 3 is 2.74 bits per heavy atom. The SMILES string of the molecule is OC1CC(c2nc(-c3ccc(F)c(F)c3Br)no2)C1. The minimum absolute atomic E-state index is 0.0338. The first-order chi connectivity index (χ1) is 9.06. The third kappa shape index (κ3) is 2.17. The Balaban J connectivity index is 1.93. The van der Waals surface area contributed by atoms with E-state index in [1.165, 1.54) is 6.07 Å². The lowest BCUT2D eigenvalue weighted by Crippen LogP contribution is -2.26. The number of aliphatic hydroxyl groups excluding tert-OH is 1. The lowest BCUT2D eigenvalue weighted by atomic mass is 9.82. The first-order valence-corrected chi connectivity index (χ1v) is 6.51. The van der Waals surface area contributed by atoms with E-state index >= 15 is 0 Å². The fraction of sp³-hybridized carbons (Fsp3) is 0.333. The maximum Gasteiger partial charge on any atom is 0.230 e. The molecule has 1 N–H and O–H groups in total. The lowest BCUT2D eigenvalue weighted by Gasteiger charge is -2.27. The summed E-state index contributed by atoms with van der Waals surface area (Å²) in [5, 5.41) is 13.0. The monoisotopic (exact) mass is 330 g/mol. The first-order valence-electron chi connectivity index (χ1n) is 5.72. The fourth-order valence-corrected chi connectivity index (χ4v) is 2.50. The van der Waals surface area contributed by atoms with Crippen LogP contribution in [0.25, 0.3) is 11.4 Å². The van der Waals surface area contributed by atoms with Gasteiger partial charge in [0.05, 0.1) is 10.6 Å². The molecule has 0 unspecified atom stereocenters. The molecule has 0 bridgehead atoms. The van der Waals surface area contributed by atoms with Crippen molar-refractivity contribution in [2.45, 2.75) is 24.9 Å². The molecule has 1 aromatic carbocycles. The highest BCUT2D eigenvalue weighted by atomic mass is 79.9. The molecule has 1 saturated carbocycles. The van der Waals surface area contributed by atoms with Gasteiger partial charge < -0.3 is 9.63 Å². The summed E-state index contributed by atoms with van der Waals surface area (Å²) in [6, 6.07) is 2.39. The van der Waals surface area contributed by atoms with E-state index in [1.54, 1.807) is 0 Å². The molecule has 4 nitrogen and oxygen atoms in total. The predicted octanol–water partition coefficient (Wildman–Crippen LogP) is 3.02. The van der Waals surface area contributed by atoms with Crippen molar-refractivity contribution in [3.8, 4) is 11.4 Å². The third-order valence-corrected chi connectivity index (χ3v) is 3.96. The predicted molar refractivity (Wildman–Crippen MR) is 65.3 cm³/mol. The van der Waals surface area contributed by atoms with Crippen LogP contribution in [-0.2, 0) is 0 Å². The number of halogens is 3. The van der Waals surface area contributed by atoms with Crippen molar-refractivity contribution in [3.63, 3.8) is 0 Å². The molecule has 19 heavy (non-hydrogen) atoms. The van der Waals surface area contributed by atoms with Crippen molar-refractivity contribution in [1.82, 2.24) is 10.1 Å². The van der Waals surface area contributed by atoms with Gasteiger partial charge in [0, 0.05) is 11.5 Å². The Morgan fingerprint density at radius 2 is 2.05 bits per heavy atom. The highest BCUT2D eigenvalue weighted by molar-refractivity contribution is 9.10. The van der Waals surface area contributed by atoms with Gasteiger partial charge in [-0.3, -0.25) is 0 Å². The van der Waals surface area contributed by atoms with Crippen LogP contribution in [0.3, 0.4) is 0 Å². The molecule has 1 heterocycles. The molecule has 0 atom stereocenters. The minimum atomic E-state index is -0.983. The molecular weight excluding hydrogens is 322 g/mol. The van der Waals surface area contributed by atoms with Crippen molar-refractivity contribution < 1.29 is 18.4 Å². The molecule has 0 spiro atoms. The molecule has 1 aliphatic rings. The first kappa shape index (κ1) is 12.7. The number of aromatic nitrogens is 2. The summed E-state index contributed by atoms with van der Waals surface area (Å²) < 4.78 is 31.5. The second kappa shape index (κ2) is 4.64. The van der Waals surface area contributed by atoms with Gasteiger partial charge in [-0.05, 0) is 40.9 Å².